The van der Waals surface area contributed by atoms with Crippen LogP contribution in [0.1, 0.15) is 39.0 Å². The van der Waals surface area contributed by atoms with Gasteiger partial charge in [-0.1, -0.05) is 12.0 Å². The summed E-state index contributed by atoms with van der Waals surface area (Å²) in [7, 11) is 0. The minimum atomic E-state index is 0.123. The molecule has 13 heavy (non-hydrogen) atoms. The fraction of sp³-hybridized carbons (Fsp3) is 0.727. The second kappa shape index (κ2) is 4.56. The van der Waals surface area contributed by atoms with Crippen LogP contribution in [0.5, 0.6) is 0 Å². The van der Waals surface area contributed by atoms with Gasteiger partial charge in [-0.15, -0.1) is 6.58 Å². The molecule has 1 aliphatic rings. The molecule has 1 rings (SSSR count). The predicted molar refractivity (Wildman–Crippen MR) is 54.4 cm³/mol. The first-order valence-electron chi connectivity index (χ1n) is 5.04. The van der Waals surface area contributed by atoms with Gasteiger partial charge >= 0.3 is 0 Å². The predicted octanol–water partition coefficient (Wildman–Crippen LogP) is 2.04. The van der Waals surface area contributed by atoms with Crippen LogP contribution in [0.3, 0.4) is 0 Å². The van der Waals surface area contributed by atoms with E-state index in [-0.39, 0.29) is 12.0 Å². The highest BCUT2D eigenvalue weighted by molar-refractivity contribution is 5.82. The topological polar surface area (TPSA) is 43.1 Å². The number of rotatable bonds is 4. The molecule has 0 radical (unpaired) electrons. The zero-order chi connectivity index (χ0) is 9.84. The van der Waals surface area contributed by atoms with Crippen LogP contribution >= 0.6 is 0 Å². The molecule has 2 unspecified atom stereocenters. The van der Waals surface area contributed by atoms with Gasteiger partial charge in [0.2, 0.25) is 0 Å². The monoisotopic (exact) mass is 181 g/mol. The summed E-state index contributed by atoms with van der Waals surface area (Å²) in [6, 6.07) is 0.123. The standard InChI is InChI=1S/C11H19NO/c1-8(2)6-7-11(13)9-4-3-5-10(9)12/h9-10H,1,3-7,12H2,2H3. The van der Waals surface area contributed by atoms with E-state index >= 15 is 0 Å². The summed E-state index contributed by atoms with van der Waals surface area (Å²) in [6.07, 6.45) is 4.58. The van der Waals surface area contributed by atoms with E-state index in [2.05, 4.69) is 6.58 Å². The summed E-state index contributed by atoms with van der Waals surface area (Å²) in [4.78, 5) is 11.6. The van der Waals surface area contributed by atoms with E-state index in [9.17, 15) is 4.79 Å². The van der Waals surface area contributed by atoms with Gasteiger partial charge in [-0.3, -0.25) is 4.79 Å². The summed E-state index contributed by atoms with van der Waals surface area (Å²) in [5.74, 6) is 0.479. The Hall–Kier alpha value is -0.630. The Morgan fingerprint density at radius 2 is 2.15 bits per heavy atom. The van der Waals surface area contributed by atoms with Crippen molar-refractivity contribution in [2.45, 2.75) is 45.1 Å². The Kier molecular flexibility index (Phi) is 3.67. The van der Waals surface area contributed by atoms with Gasteiger partial charge in [-0.25, -0.2) is 0 Å². The van der Waals surface area contributed by atoms with Crippen molar-refractivity contribution in [3.05, 3.63) is 12.2 Å². The van der Waals surface area contributed by atoms with Crippen molar-refractivity contribution in [1.82, 2.24) is 0 Å². The third-order valence-corrected chi connectivity index (χ3v) is 2.78. The van der Waals surface area contributed by atoms with Gasteiger partial charge in [0.25, 0.3) is 0 Å². The van der Waals surface area contributed by atoms with Crippen molar-refractivity contribution in [2.75, 3.05) is 0 Å². The molecule has 1 aliphatic carbocycles. The lowest BCUT2D eigenvalue weighted by atomic mass is 9.95. The van der Waals surface area contributed by atoms with Crippen LogP contribution in [0.15, 0.2) is 12.2 Å². The van der Waals surface area contributed by atoms with Crippen LogP contribution in [0.4, 0.5) is 0 Å². The van der Waals surface area contributed by atoms with Crippen LogP contribution in [-0.2, 0) is 4.79 Å². The SMILES string of the molecule is C=C(C)CCC(=O)C1CCCC1N. The van der Waals surface area contributed by atoms with E-state index in [1.165, 1.54) is 0 Å². The molecule has 2 nitrogen and oxygen atoms in total. The van der Waals surface area contributed by atoms with Crippen LogP contribution in [0.25, 0.3) is 0 Å². The second-order valence-corrected chi connectivity index (χ2v) is 4.12. The Bertz CT molecular complexity index is 210. The number of ketones is 1. The lowest BCUT2D eigenvalue weighted by molar-refractivity contribution is -0.123. The summed E-state index contributed by atoms with van der Waals surface area (Å²) < 4.78 is 0. The van der Waals surface area contributed by atoms with Crippen molar-refractivity contribution < 1.29 is 4.79 Å². The number of nitrogens with two attached hydrogens (primary N) is 1. The van der Waals surface area contributed by atoms with E-state index in [1.807, 2.05) is 6.92 Å². The van der Waals surface area contributed by atoms with Crippen LogP contribution in [0.2, 0.25) is 0 Å². The van der Waals surface area contributed by atoms with Gasteiger partial charge in [0, 0.05) is 18.4 Å². The van der Waals surface area contributed by atoms with Gasteiger partial charge in [-0.2, -0.15) is 0 Å². The highest BCUT2D eigenvalue weighted by atomic mass is 16.1. The molecule has 0 spiro atoms. The number of hydrogen-bond donors (Lipinski definition) is 1. The molecule has 0 aromatic rings. The van der Waals surface area contributed by atoms with Gasteiger partial charge in [0.15, 0.2) is 0 Å². The summed E-state index contributed by atoms with van der Waals surface area (Å²) in [5.41, 5.74) is 6.93. The smallest absolute Gasteiger partial charge is 0.137 e. The van der Waals surface area contributed by atoms with E-state index in [4.69, 9.17) is 5.73 Å². The Balaban J connectivity index is 2.34. The molecule has 2 atom stereocenters. The maximum absolute atomic E-state index is 11.6. The Morgan fingerprint density at radius 1 is 1.46 bits per heavy atom. The molecule has 74 valence electrons. The van der Waals surface area contributed by atoms with Crippen LogP contribution in [0, 0.1) is 5.92 Å². The Labute approximate surface area is 80.2 Å². The average Bonchev–Trinajstić information content (AvgIpc) is 2.47. The molecule has 2 heteroatoms. The molecule has 0 amide bonds. The largest absolute Gasteiger partial charge is 0.327 e. The third-order valence-electron chi connectivity index (χ3n) is 2.78. The highest BCUT2D eigenvalue weighted by Crippen LogP contribution is 2.26. The molecule has 0 aromatic heterocycles. The molecule has 0 aromatic carbocycles. The number of carbonyl (C=O) groups is 1. The third kappa shape index (κ3) is 2.96. The van der Waals surface area contributed by atoms with E-state index in [0.717, 1.165) is 31.3 Å². The zero-order valence-electron chi connectivity index (χ0n) is 8.38. The van der Waals surface area contributed by atoms with Crippen molar-refractivity contribution in [2.24, 2.45) is 11.7 Å². The van der Waals surface area contributed by atoms with Crippen molar-refractivity contribution >= 4 is 5.78 Å². The number of hydrogen-bond acceptors (Lipinski definition) is 2. The first-order valence-corrected chi connectivity index (χ1v) is 5.04. The molecule has 0 aliphatic heterocycles. The van der Waals surface area contributed by atoms with E-state index in [1.54, 1.807) is 0 Å². The molecule has 0 heterocycles. The van der Waals surface area contributed by atoms with Crippen molar-refractivity contribution in [3.63, 3.8) is 0 Å². The lowest BCUT2D eigenvalue weighted by Gasteiger charge is -2.13. The quantitative estimate of drug-likeness (QED) is 0.674. The fourth-order valence-electron chi connectivity index (χ4n) is 1.91. The summed E-state index contributed by atoms with van der Waals surface area (Å²) in [5, 5.41) is 0. The summed E-state index contributed by atoms with van der Waals surface area (Å²) >= 11 is 0. The minimum absolute atomic E-state index is 0.123. The number of carbonyl (C=O) groups excluding carboxylic acids is 1. The van der Waals surface area contributed by atoms with Crippen molar-refractivity contribution in [1.29, 1.82) is 0 Å². The highest BCUT2D eigenvalue weighted by Gasteiger charge is 2.29. The molecule has 0 bridgehead atoms. The second-order valence-electron chi connectivity index (χ2n) is 4.12. The van der Waals surface area contributed by atoms with Gasteiger partial charge in [0.05, 0.1) is 0 Å². The molecule has 1 fully saturated rings. The fourth-order valence-corrected chi connectivity index (χ4v) is 1.91. The van der Waals surface area contributed by atoms with Crippen LogP contribution < -0.4 is 5.73 Å². The number of allylic oxidation sites excluding steroid dienone is 1. The molecule has 1 saturated carbocycles. The Morgan fingerprint density at radius 3 is 2.62 bits per heavy atom. The van der Waals surface area contributed by atoms with E-state index in [0.29, 0.717) is 12.2 Å². The number of Topliss-reactive ketones (excluding diaryl/α,β-unsaturated/α-hetero) is 1. The summed E-state index contributed by atoms with van der Waals surface area (Å²) in [6.45, 7) is 5.75. The maximum Gasteiger partial charge on any atom is 0.137 e. The van der Waals surface area contributed by atoms with E-state index < -0.39 is 0 Å². The average molecular weight is 181 g/mol. The molecule has 2 N–H and O–H groups in total. The molecular weight excluding hydrogens is 162 g/mol. The first kappa shape index (κ1) is 10.5. The van der Waals surface area contributed by atoms with Gasteiger partial charge in [0.1, 0.15) is 5.78 Å². The normalized spacial score (nSPS) is 27.5. The maximum atomic E-state index is 11.6. The minimum Gasteiger partial charge on any atom is -0.327 e. The first-order chi connectivity index (χ1) is 6.11. The lowest BCUT2D eigenvalue weighted by Crippen LogP contribution is -2.30. The molecular formula is C11H19NO. The van der Waals surface area contributed by atoms with Crippen molar-refractivity contribution in [3.8, 4) is 0 Å². The van der Waals surface area contributed by atoms with Crippen LogP contribution in [-0.4, -0.2) is 11.8 Å². The zero-order valence-corrected chi connectivity index (χ0v) is 8.38. The van der Waals surface area contributed by atoms with Gasteiger partial charge < -0.3 is 5.73 Å². The molecule has 0 saturated heterocycles. The van der Waals surface area contributed by atoms with Gasteiger partial charge in [-0.05, 0) is 26.2 Å².